The molecule has 0 radical (unpaired) electrons. The van der Waals surface area contributed by atoms with Gasteiger partial charge in [0.1, 0.15) is 11.5 Å². The number of piperidine rings is 1. The molecule has 6 heteroatoms. The summed E-state index contributed by atoms with van der Waals surface area (Å²) in [7, 11) is 0. The normalized spacial score (nSPS) is 16.1. The molecule has 4 rings (SSSR count). The van der Waals surface area contributed by atoms with E-state index in [1.165, 1.54) is 5.56 Å². The predicted molar refractivity (Wildman–Crippen MR) is 108 cm³/mol. The topological polar surface area (TPSA) is 57.1 Å². The number of furan rings is 1. The van der Waals surface area contributed by atoms with Crippen LogP contribution in [0.4, 0.5) is 0 Å². The van der Waals surface area contributed by atoms with E-state index < -0.39 is 0 Å². The molecule has 3 heterocycles. The lowest BCUT2D eigenvalue weighted by Gasteiger charge is -2.32. The molecule has 3 aromatic rings. The Morgan fingerprint density at radius 1 is 1.19 bits per heavy atom. The van der Waals surface area contributed by atoms with Crippen molar-refractivity contribution >= 4 is 11.6 Å². The lowest BCUT2D eigenvalue weighted by atomic mass is 10.0. The van der Waals surface area contributed by atoms with Gasteiger partial charge < -0.3 is 9.73 Å². The zero-order valence-electron chi connectivity index (χ0n) is 15.5. The number of likely N-dealkylation sites (tertiary alicyclic amines) is 1. The highest BCUT2D eigenvalue weighted by Crippen LogP contribution is 2.24. The Balaban J connectivity index is 1.27. The van der Waals surface area contributed by atoms with Crippen molar-refractivity contribution in [2.75, 3.05) is 13.1 Å². The SMILES string of the molecule is Cc1ccc(-c2[nH]ncc2CNC2CCN(Cc3ccc(Cl)cc3)CC2)o1. The predicted octanol–water partition coefficient (Wildman–Crippen LogP) is 4.39. The number of aromatic amines is 1. The van der Waals surface area contributed by atoms with Crippen LogP contribution in [0.1, 0.15) is 29.7 Å². The number of nitrogens with one attached hydrogen (secondary N) is 2. The summed E-state index contributed by atoms with van der Waals surface area (Å²) in [6, 6.07) is 12.7. The van der Waals surface area contributed by atoms with E-state index in [1.54, 1.807) is 0 Å². The molecule has 0 atom stereocenters. The van der Waals surface area contributed by atoms with Crippen LogP contribution in [-0.2, 0) is 13.1 Å². The number of benzene rings is 1. The van der Waals surface area contributed by atoms with E-state index in [4.69, 9.17) is 16.0 Å². The van der Waals surface area contributed by atoms with Crippen molar-refractivity contribution in [2.24, 2.45) is 0 Å². The maximum absolute atomic E-state index is 5.97. The Morgan fingerprint density at radius 3 is 2.67 bits per heavy atom. The average molecular weight is 385 g/mol. The van der Waals surface area contributed by atoms with Crippen LogP contribution in [-0.4, -0.2) is 34.2 Å². The fraction of sp³-hybridized carbons (Fsp3) is 0.381. The smallest absolute Gasteiger partial charge is 0.152 e. The molecule has 2 N–H and O–H groups in total. The molecule has 0 aliphatic carbocycles. The number of rotatable bonds is 6. The number of H-pyrrole nitrogens is 1. The largest absolute Gasteiger partial charge is 0.460 e. The van der Waals surface area contributed by atoms with Crippen LogP contribution in [0.2, 0.25) is 5.02 Å². The van der Waals surface area contributed by atoms with Gasteiger partial charge in [0.15, 0.2) is 5.76 Å². The van der Waals surface area contributed by atoms with Crippen molar-refractivity contribution in [1.82, 2.24) is 20.4 Å². The first-order valence-corrected chi connectivity index (χ1v) is 9.84. The summed E-state index contributed by atoms with van der Waals surface area (Å²) in [6.45, 7) is 5.96. The molecule has 142 valence electrons. The summed E-state index contributed by atoms with van der Waals surface area (Å²) < 4.78 is 5.72. The number of hydrogen-bond donors (Lipinski definition) is 2. The van der Waals surface area contributed by atoms with E-state index >= 15 is 0 Å². The average Bonchev–Trinajstić information content (AvgIpc) is 3.31. The molecule has 1 aliphatic rings. The minimum Gasteiger partial charge on any atom is -0.460 e. The second-order valence-corrected chi connectivity index (χ2v) is 7.67. The minimum atomic E-state index is 0.535. The third-order valence-electron chi connectivity index (χ3n) is 5.19. The Hall–Kier alpha value is -2.08. The van der Waals surface area contributed by atoms with E-state index in [1.807, 2.05) is 37.4 Å². The van der Waals surface area contributed by atoms with E-state index in [9.17, 15) is 0 Å². The van der Waals surface area contributed by atoms with Crippen molar-refractivity contribution < 1.29 is 4.42 Å². The van der Waals surface area contributed by atoms with Gasteiger partial charge >= 0.3 is 0 Å². The molecule has 0 amide bonds. The number of halogens is 1. The highest BCUT2D eigenvalue weighted by Gasteiger charge is 2.20. The molecular formula is C21H25ClN4O. The number of hydrogen-bond acceptors (Lipinski definition) is 4. The van der Waals surface area contributed by atoms with Crippen LogP contribution in [0.25, 0.3) is 11.5 Å². The number of aryl methyl sites for hydroxylation is 1. The third-order valence-corrected chi connectivity index (χ3v) is 5.44. The molecule has 0 bridgehead atoms. The molecule has 1 saturated heterocycles. The van der Waals surface area contributed by atoms with E-state index in [2.05, 4.69) is 32.5 Å². The Labute approximate surface area is 164 Å². The highest BCUT2D eigenvalue weighted by molar-refractivity contribution is 6.30. The Morgan fingerprint density at radius 2 is 1.96 bits per heavy atom. The van der Waals surface area contributed by atoms with E-state index in [0.717, 1.165) is 66.8 Å². The van der Waals surface area contributed by atoms with Gasteiger partial charge in [0.25, 0.3) is 0 Å². The van der Waals surface area contributed by atoms with Gasteiger partial charge in [-0.25, -0.2) is 0 Å². The van der Waals surface area contributed by atoms with Gasteiger partial charge in [-0.1, -0.05) is 23.7 Å². The maximum atomic E-state index is 5.97. The summed E-state index contributed by atoms with van der Waals surface area (Å²) >= 11 is 5.97. The molecule has 27 heavy (non-hydrogen) atoms. The van der Waals surface area contributed by atoms with Crippen LogP contribution in [0.5, 0.6) is 0 Å². The molecule has 1 fully saturated rings. The lowest BCUT2D eigenvalue weighted by molar-refractivity contribution is 0.190. The third kappa shape index (κ3) is 4.61. The van der Waals surface area contributed by atoms with Gasteiger partial charge in [-0.2, -0.15) is 5.10 Å². The van der Waals surface area contributed by atoms with Crippen LogP contribution in [0.3, 0.4) is 0 Å². The molecule has 0 unspecified atom stereocenters. The van der Waals surface area contributed by atoms with Gasteiger partial charge in [-0.15, -0.1) is 0 Å². The van der Waals surface area contributed by atoms with Crippen molar-refractivity contribution in [3.05, 3.63) is 64.5 Å². The fourth-order valence-electron chi connectivity index (χ4n) is 3.62. The standard InChI is InChI=1S/C21H25ClN4O/c1-15-2-7-20(27-15)21-17(13-24-25-21)12-23-19-8-10-26(11-9-19)14-16-3-5-18(22)6-4-16/h2-7,13,19,23H,8-12,14H2,1H3,(H,24,25). The monoisotopic (exact) mass is 384 g/mol. The zero-order valence-corrected chi connectivity index (χ0v) is 16.3. The van der Waals surface area contributed by atoms with Gasteiger partial charge in [-0.05, 0) is 62.7 Å². The molecule has 5 nitrogen and oxygen atoms in total. The second-order valence-electron chi connectivity index (χ2n) is 7.24. The first-order chi connectivity index (χ1) is 13.2. The molecule has 0 spiro atoms. The van der Waals surface area contributed by atoms with Crippen molar-refractivity contribution in [3.8, 4) is 11.5 Å². The summed E-state index contributed by atoms with van der Waals surface area (Å²) in [4.78, 5) is 2.51. The summed E-state index contributed by atoms with van der Waals surface area (Å²) in [5, 5.41) is 11.7. The van der Waals surface area contributed by atoms with Crippen molar-refractivity contribution in [2.45, 2.75) is 38.9 Å². The van der Waals surface area contributed by atoms with Crippen LogP contribution >= 0.6 is 11.6 Å². The molecule has 2 aromatic heterocycles. The van der Waals surface area contributed by atoms with Crippen molar-refractivity contribution in [1.29, 1.82) is 0 Å². The molecule has 1 aromatic carbocycles. The lowest BCUT2D eigenvalue weighted by Crippen LogP contribution is -2.41. The molecule has 0 saturated carbocycles. The van der Waals surface area contributed by atoms with Crippen LogP contribution < -0.4 is 5.32 Å². The Bertz CT molecular complexity index is 862. The summed E-state index contributed by atoms with van der Waals surface area (Å²) in [5.74, 6) is 1.76. The number of aromatic nitrogens is 2. The number of nitrogens with zero attached hydrogens (tertiary/aromatic N) is 2. The minimum absolute atomic E-state index is 0.535. The summed E-state index contributed by atoms with van der Waals surface area (Å²) in [5.41, 5.74) is 3.44. The maximum Gasteiger partial charge on any atom is 0.152 e. The first kappa shape index (κ1) is 18.3. The van der Waals surface area contributed by atoms with Gasteiger partial charge in [-0.3, -0.25) is 10.00 Å². The molecular weight excluding hydrogens is 360 g/mol. The molecule has 1 aliphatic heterocycles. The van der Waals surface area contributed by atoms with E-state index in [-0.39, 0.29) is 0 Å². The van der Waals surface area contributed by atoms with Crippen LogP contribution in [0.15, 0.2) is 47.0 Å². The second kappa shape index (κ2) is 8.30. The highest BCUT2D eigenvalue weighted by atomic mass is 35.5. The first-order valence-electron chi connectivity index (χ1n) is 9.46. The zero-order chi connectivity index (χ0) is 18.6. The van der Waals surface area contributed by atoms with E-state index in [0.29, 0.717) is 6.04 Å². The Kier molecular flexibility index (Phi) is 5.62. The van der Waals surface area contributed by atoms with Crippen molar-refractivity contribution in [3.63, 3.8) is 0 Å². The fourth-order valence-corrected chi connectivity index (χ4v) is 3.75. The van der Waals surface area contributed by atoms with Crippen LogP contribution in [0, 0.1) is 6.92 Å². The van der Waals surface area contributed by atoms with Gasteiger partial charge in [0, 0.05) is 29.7 Å². The summed E-state index contributed by atoms with van der Waals surface area (Å²) in [6.07, 6.45) is 4.19. The van der Waals surface area contributed by atoms with Gasteiger partial charge in [0.05, 0.1) is 6.20 Å². The van der Waals surface area contributed by atoms with Gasteiger partial charge in [0.2, 0.25) is 0 Å². The quantitative estimate of drug-likeness (QED) is 0.662.